The quantitative estimate of drug-likeness (QED) is 0.622. The van der Waals surface area contributed by atoms with Gasteiger partial charge < -0.3 is 14.9 Å². The van der Waals surface area contributed by atoms with Crippen molar-refractivity contribution in [3.8, 4) is 0 Å². The fourth-order valence-corrected chi connectivity index (χ4v) is 1.55. The zero-order valence-corrected chi connectivity index (χ0v) is 8.26. The Bertz CT molecular complexity index is 314. The summed E-state index contributed by atoms with van der Waals surface area (Å²) in [5, 5.41) is 21.4. The van der Waals surface area contributed by atoms with Gasteiger partial charge in [0.05, 0.1) is 25.4 Å². The maximum absolute atomic E-state index is 9.17. The van der Waals surface area contributed by atoms with Crippen molar-refractivity contribution < 1.29 is 14.9 Å². The average Bonchev–Trinajstić information content (AvgIpc) is 2.75. The Hall–Kier alpha value is -1.01. The number of pyridine rings is 1. The molecule has 1 aliphatic heterocycles. The van der Waals surface area contributed by atoms with Crippen LogP contribution in [0, 0.1) is 0 Å². The van der Waals surface area contributed by atoms with E-state index in [1.165, 1.54) is 0 Å². The van der Waals surface area contributed by atoms with E-state index in [2.05, 4.69) is 10.3 Å². The highest BCUT2D eigenvalue weighted by Crippen LogP contribution is 2.25. The number of aliphatic hydroxyl groups is 2. The van der Waals surface area contributed by atoms with E-state index in [1.54, 1.807) is 12.4 Å². The van der Waals surface area contributed by atoms with E-state index in [0.29, 0.717) is 6.61 Å². The fourth-order valence-electron chi connectivity index (χ4n) is 1.55. The molecule has 0 radical (unpaired) electrons. The van der Waals surface area contributed by atoms with E-state index in [4.69, 9.17) is 14.9 Å². The highest BCUT2D eigenvalue weighted by Gasteiger charge is 2.39. The molecule has 5 heteroatoms. The van der Waals surface area contributed by atoms with E-state index in [-0.39, 0.29) is 19.4 Å². The van der Waals surface area contributed by atoms with Gasteiger partial charge in [0.2, 0.25) is 0 Å². The lowest BCUT2D eigenvalue weighted by Crippen LogP contribution is -2.49. The van der Waals surface area contributed by atoms with Gasteiger partial charge in [0, 0.05) is 12.4 Å². The largest absolute Gasteiger partial charge is 0.394 e. The Morgan fingerprint density at radius 3 is 2.60 bits per heavy atom. The smallest absolute Gasteiger partial charge is 0.135 e. The predicted octanol–water partition coefficient (Wildman–Crippen LogP) is -0.577. The normalized spacial score (nSPS) is 24.3. The monoisotopic (exact) mass is 210 g/mol. The number of rotatable bonds is 3. The Morgan fingerprint density at radius 1 is 1.40 bits per heavy atom. The van der Waals surface area contributed by atoms with Crippen molar-refractivity contribution in [1.82, 2.24) is 10.3 Å². The Morgan fingerprint density at radius 2 is 2.07 bits per heavy atom. The van der Waals surface area contributed by atoms with Crippen molar-refractivity contribution in [2.75, 3.05) is 19.8 Å². The van der Waals surface area contributed by atoms with Crippen LogP contribution in [-0.4, -0.2) is 40.6 Å². The van der Waals surface area contributed by atoms with Crippen molar-refractivity contribution in [3.05, 3.63) is 30.1 Å². The van der Waals surface area contributed by atoms with E-state index in [9.17, 15) is 0 Å². The second-order valence-electron chi connectivity index (χ2n) is 3.71. The van der Waals surface area contributed by atoms with Crippen LogP contribution >= 0.6 is 0 Å². The minimum Gasteiger partial charge on any atom is -0.394 e. The van der Waals surface area contributed by atoms with Crippen LogP contribution in [0.4, 0.5) is 0 Å². The molecule has 3 N–H and O–H groups in total. The number of ether oxygens (including phenoxy) is 1. The Labute approximate surface area is 87.7 Å². The summed E-state index contributed by atoms with van der Waals surface area (Å²) >= 11 is 0. The van der Waals surface area contributed by atoms with Gasteiger partial charge in [-0.2, -0.15) is 0 Å². The van der Waals surface area contributed by atoms with Crippen LogP contribution in [0.5, 0.6) is 0 Å². The van der Waals surface area contributed by atoms with Gasteiger partial charge in [-0.1, -0.05) is 0 Å². The van der Waals surface area contributed by atoms with Crippen molar-refractivity contribution in [2.24, 2.45) is 0 Å². The standard InChI is InChI=1S/C10H14N2O3/c13-5-10(6-14)7-15-9(12-10)8-1-3-11-4-2-8/h1-4,9,12-14H,5-7H2. The minimum atomic E-state index is -0.728. The third kappa shape index (κ3) is 2.00. The summed E-state index contributed by atoms with van der Waals surface area (Å²) in [6.45, 7) is 0.00313. The maximum Gasteiger partial charge on any atom is 0.135 e. The third-order valence-corrected chi connectivity index (χ3v) is 2.58. The van der Waals surface area contributed by atoms with Gasteiger partial charge in [-0.25, -0.2) is 0 Å². The molecule has 15 heavy (non-hydrogen) atoms. The number of aromatic nitrogens is 1. The first kappa shape index (κ1) is 10.5. The van der Waals surface area contributed by atoms with Gasteiger partial charge >= 0.3 is 0 Å². The molecule has 2 rings (SSSR count). The van der Waals surface area contributed by atoms with Crippen molar-refractivity contribution >= 4 is 0 Å². The molecule has 0 amide bonds. The zero-order valence-electron chi connectivity index (χ0n) is 8.26. The van der Waals surface area contributed by atoms with Crippen molar-refractivity contribution in [3.63, 3.8) is 0 Å². The van der Waals surface area contributed by atoms with Crippen LogP contribution in [0.25, 0.3) is 0 Å². The Balaban J connectivity index is 2.10. The summed E-state index contributed by atoms with van der Waals surface area (Å²) in [6.07, 6.45) is 3.07. The lowest BCUT2D eigenvalue weighted by molar-refractivity contribution is 0.0760. The zero-order chi connectivity index (χ0) is 10.7. The summed E-state index contributed by atoms with van der Waals surface area (Å²) in [6, 6.07) is 3.67. The van der Waals surface area contributed by atoms with Gasteiger partial charge in [0.1, 0.15) is 6.23 Å². The first-order valence-corrected chi connectivity index (χ1v) is 4.81. The van der Waals surface area contributed by atoms with Crippen molar-refractivity contribution in [1.29, 1.82) is 0 Å². The molecule has 1 aromatic heterocycles. The van der Waals surface area contributed by atoms with Crippen molar-refractivity contribution in [2.45, 2.75) is 11.8 Å². The summed E-state index contributed by atoms with van der Waals surface area (Å²) in [5.41, 5.74) is 0.210. The molecule has 0 aromatic carbocycles. The summed E-state index contributed by atoms with van der Waals surface area (Å²) in [7, 11) is 0. The van der Waals surface area contributed by atoms with Gasteiger partial charge in [-0.3, -0.25) is 10.3 Å². The third-order valence-electron chi connectivity index (χ3n) is 2.58. The summed E-state index contributed by atoms with van der Waals surface area (Å²) in [5.74, 6) is 0. The minimum absolute atomic E-state index is 0.148. The molecule has 1 atom stereocenters. The van der Waals surface area contributed by atoms with Crippen LogP contribution in [-0.2, 0) is 4.74 Å². The van der Waals surface area contributed by atoms with Crippen LogP contribution in [0.2, 0.25) is 0 Å². The molecule has 0 aliphatic carbocycles. The lowest BCUT2D eigenvalue weighted by Gasteiger charge is -2.23. The molecular weight excluding hydrogens is 196 g/mol. The highest BCUT2D eigenvalue weighted by atomic mass is 16.5. The molecule has 82 valence electrons. The molecule has 1 saturated heterocycles. The second-order valence-corrected chi connectivity index (χ2v) is 3.71. The Kier molecular flexibility index (Phi) is 2.97. The number of hydrogen-bond donors (Lipinski definition) is 3. The SMILES string of the molecule is OCC1(CO)COC(c2ccncc2)N1. The van der Waals surface area contributed by atoms with E-state index in [1.807, 2.05) is 12.1 Å². The van der Waals surface area contributed by atoms with Crippen LogP contribution in [0.3, 0.4) is 0 Å². The lowest BCUT2D eigenvalue weighted by atomic mass is 10.0. The van der Waals surface area contributed by atoms with Gasteiger partial charge in [0.25, 0.3) is 0 Å². The number of nitrogens with one attached hydrogen (secondary N) is 1. The topological polar surface area (TPSA) is 74.6 Å². The van der Waals surface area contributed by atoms with E-state index < -0.39 is 5.54 Å². The van der Waals surface area contributed by atoms with Gasteiger partial charge in [0.15, 0.2) is 0 Å². The number of hydrogen-bond acceptors (Lipinski definition) is 5. The molecule has 1 aromatic rings. The fraction of sp³-hybridized carbons (Fsp3) is 0.500. The van der Waals surface area contributed by atoms with Crippen LogP contribution in [0.1, 0.15) is 11.8 Å². The molecule has 2 heterocycles. The number of nitrogens with zero attached hydrogens (tertiary/aromatic N) is 1. The number of aliphatic hydroxyl groups excluding tert-OH is 2. The molecular formula is C10H14N2O3. The molecule has 0 saturated carbocycles. The molecule has 1 unspecified atom stereocenters. The average molecular weight is 210 g/mol. The van der Waals surface area contributed by atoms with Gasteiger partial charge in [-0.05, 0) is 17.7 Å². The van der Waals surface area contributed by atoms with Crippen LogP contribution in [0.15, 0.2) is 24.5 Å². The highest BCUT2D eigenvalue weighted by molar-refractivity contribution is 5.15. The summed E-state index contributed by atoms with van der Waals surface area (Å²) in [4.78, 5) is 3.91. The first-order chi connectivity index (χ1) is 7.29. The predicted molar refractivity (Wildman–Crippen MR) is 53.0 cm³/mol. The molecule has 0 bridgehead atoms. The first-order valence-electron chi connectivity index (χ1n) is 4.81. The molecule has 0 spiro atoms. The van der Waals surface area contributed by atoms with Gasteiger partial charge in [-0.15, -0.1) is 0 Å². The molecule has 1 fully saturated rings. The van der Waals surface area contributed by atoms with Crippen LogP contribution < -0.4 is 5.32 Å². The summed E-state index contributed by atoms with van der Waals surface area (Å²) < 4.78 is 5.48. The maximum atomic E-state index is 9.17. The second kappa shape index (κ2) is 4.24. The molecule has 1 aliphatic rings. The van der Waals surface area contributed by atoms with E-state index >= 15 is 0 Å². The van der Waals surface area contributed by atoms with E-state index in [0.717, 1.165) is 5.56 Å². The molecule has 5 nitrogen and oxygen atoms in total.